The highest BCUT2D eigenvalue weighted by Gasteiger charge is 2.16. The standard InChI is InChI=1S/C30H26FN7O/c1-3-4-5-28(39)35-21-11-19(14-32-15-21)25-12-23-27(16-34-25)37-38-30(23)26-13-22-24(36-26)6-7-33-29(22)18-8-17(2)9-20(31)10-18/h6-16,36H,3-5H2,1-2H3,(H,35,39)(H,37,38). The number of nitrogens with zero attached hydrogens (tertiary/aromatic N) is 4. The zero-order chi connectivity index (χ0) is 26.9. The number of H-pyrrole nitrogens is 2. The van der Waals surface area contributed by atoms with Gasteiger partial charge in [0, 0.05) is 46.2 Å². The van der Waals surface area contributed by atoms with Crippen molar-refractivity contribution in [2.45, 2.75) is 33.1 Å². The van der Waals surface area contributed by atoms with Crippen LogP contribution in [0.1, 0.15) is 31.7 Å². The summed E-state index contributed by atoms with van der Waals surface area (Å²) in [6.07, 6.45) is 9.07. The minimum Gasteiger partial charge on any atom is -0.353 e. The van der Waals surface area contributed by atoms with Crippen LogP contribution in [0.15, 0.2) is 67.3 Å². The third-order valence-corrected chi connectivity index (χ3v) is 6.64. The predicted octanol–water partition coefficient (Wildman–Crippen LogP) is 6.81. The second kappa shape index (κ2) is 10.1. The Kier molecular flexibility index (Phi) is 6.32. The fourth-order valence-corrected chi connectivity index (χ4v) is 4.77. The SMILES string of the molecule is CCCCC(=O)Nc1cncc(-c2cc3c(-c4cc5c(-c6cc(C)cc(F)c6)nccc5[nH]4)n[nH]c3cn2)c1. The summed E-state index contributed by atoms with van der Waals surface area (Å²) in [6, 6.07) is 12.6. The molecule has 0 bridgehead atoms. The topological polar surface area (TPSA) is 112 Å². The molecule has 5 aromatic heterocycles. The van der Waals surface area contributed by atoms with Crippen LogP contribution in [0.4, 0.5) is 10.1 Å². The number of nitrogens with one attached hydrogen (secondary N) is 3. The molecule has 0 radical (unpaired) electrons. The van der Waals surface area contributed by atoms with E-state index in [4.69, 9.17) is 0 Å². The van der Waals surface area contributed by atoms with E-state index in [0.717, 1.165) is 62.7 Å². The van der Waals surface area contributed by atoms with E-state index in [1.165, 1.54) is 12.1 Å². The van der Waals surface area contributed by atoms with Crippen LogP contribution in [0.2, 0.25) is 0 Å². The van der Waals surface area contributed by atoms with Crippen molar-refractivity contribution in [3.8, 4) is 33.9 Å². The van der Waals surface area contributed by atoms with Crippen LogP contribution >= 0.6 is 0 Å². The fourth-order valence-electron chi connectivity index (χ4n) is 4.77. The lowest BCUT2D eigenvalue weighted by Gasteiger charge is -2.07. The number of aromatic amines is 2. The van der Waals surface area contributed by atoms with Crippen molar-refractivity contribution in [1.82, 2.24) is 30.1 Å². The number of anilines is 1. The van der Waals surface area contributed by atoms with E-state index in [0.29, 0.717) is 23.5 Å². The molecule has 194 valence electrons. The summed E-state index contributed by atoms with van der Waals surface area (Å²) in [5.41, 5.74) is 7.54. The molecule has 5 heterocycles. The van der Waals surface area contributed by atoms with Crippen LogP contribution in [0.5, 0.6) is 0 Å². The molecule has 8 nitrogen and oxygen atoms in total. The number of carbonyl (C=O) groups is 1. The maximum absolute atomic E-state index is 14.2. The zero-order valence-corrected chi connectivity index (χ0v) is 21.5. The van der Waals surface area contributed by atoms with Gasteiger partial charge in [-0.05, 0) is 61.4 Å². The Morgan fingerprint density at radius 2 is 1.82 bits per heavy atom. The van der Waals surface area contributed by atoms with Gasteiger partial charge in [-0.1, -0.05) is 13.3 Å². The zero-order valence-electron chi connectivity index (χ0n) is 21.5. The summed E-state index contributed by atoms with van der Waals surface area (Å²) >= 11 is 0. The van der Waals surface area contributed by atoms with Crippen LogP contribution in [-0.4, -0.2) is 36.0 Å². The van der Waals surface area contributed by atoms with Crippen molar-refractivity contribution in [2.75, 3.05) is 5.32 Å². The highest BCUT2D eigenvalue weighted by Crippen LogP contribution is 2.34. The summed E-state index contributed by atoms with van der Waals surface area (Å²) in [5, 5.41) is 12.3. The van der Waals surface area contributed by atoms with E-state index in [9.17, 15) is 9.18 Å². The lowest BCUT2D eigenvalue weighted by Crippen LogP contribution is -2.11. The number of hydrogen-bond donors (Lipinski definition) is 3. The Labute approximate surface area is 223 Å². The Hall–Kier alpha value is -4.92. The lowest BCUT2D eigenvalue weighted by molar-refractivity contribution is -0.116. The first-order valence-corrected chi connectivity index (χ1v) is 12.8. The third-order valence-electron chi connectivity index (χ3n) is 6.64. The molecule has 9 heteroatoms. The molecule has 0 spiro atoms. The molecule has 0 saturated carbocycles. The Morgan fingerprint density at radius 1 is 0.949 bits per heavy atom. The summed E-state index contributed by atoms with van der Waals surface area (Å²) < 4.78 is 14.2. The van der Waals surface area contributed by atoms with Crippen LogP contribution in [0.25, 0.3) is 55.7 Å². The molecule has 39 heavy (non-hydrogen) atoms. The number of halogens is 1. The molecule has 0 aliphatic carbocycles. The van der Waals surface area contributed by atoms with Gasteiger partial charge in [0.1, 0.15) is 11.5 Å². The molecule has 6 rings (SSSR count). The number of unbranched alkanes of at least 4 members (excludes halogenated alkanes) is 1. The van der Waals surface area contributed by atoms with Crippen molar-refractivity contribution in [3.63, 3.8) is 0 Å². The average Bonchev–Trinajstić information content (AvgIpc) is 3.55. The number of pyridine rings is 3. The quantitative estimate of drug-likeness (QED) is 0.215. The van der Waals surface area contributed by atoms with Gasteiger partial charge >= 0.3 is 0 Å². The molecule has 3 N–H and O–H groups in total. The van der Waals surface area contributed by atoms with Crippen LogP contribution in [-0.2, 0) is 4.79 Å². The lowest BCUT2D eigenvalue weighted by atomic mass is 10.0. The van der Waals surface area contributed by atoms with E-state index in [1.54, 1.807) is 24.8 Å². The number of rotatable bonds is 7. The first-order chi connectivity index (χ1) is 19.0. The molecular formula is C30H26FN7O. The minimum atomic E-state index is -0.294. The van der Waals surface area contributed by atoms with Gasteiger partial charge in [0.25, 0.3) is 0 Å². The first-order valence-electron chi connectivity index (χ1n) is 12.8. The van der Waals surface area contributed by atoms with E-state index in [1.807, 2.05) is 37.3 Å². The predicted molar refractivity (Wildman–Crippen MR) is 150 cm³/mol. The van der Waals surface area contributed by atoms with Crippen molar-refractivity contribution in [1.29, 1.82) is 0 Å². The van der Waals surface area contributed by atoms with Crippen LogP contribution in [0, 0.1) is 12.7 Å². The molecule has 0 atom stereocenters. The molecule has 0 unspecified atom stereocenters. The van der Waals surface area contributed by atoms with Crippen molar-refractivity contribution in [2.24, 2.45) is 0 Å². The molecule has 6 aromatic rings. The monoisotopic (exact) mass is 519 g/mol. The van der Waals surface area contributed by atoms with Gasteiger partial charge < -0.3 is 10.3 Å². The van der Waals surface area contributed by atoms with E-state index in [2.05, 4.69) is 42.4 Å². The Bertz CT molecular complexity index is 1820. The van der Waals surface area contributed by atoms with Gasteiger partial charge in [-0.3, -0.25) is 24.8 Å². The summed E-state index contributed by atoms with van der Waals surface area (Å²) in [4.78, 5) is 29.1. The molecule has 0 aliphatic rings. The highest BCUT2D eigenvalue weighted by molar-refractivity contribution is 6.00. The van der Waals surface area contributed by atoms with Gasteiger partial charge in [-0.25, -0.2) is 4.39 Å². The molecule has 0 saturated heterocycles. The molecule has 1 amide bonds. The minimum absolute atomic E-state index is 0.0302. The number of aryl methyl sites for hydroxylation is 1. The summed E-state index contributed by atoms with van der Waals surface area (Å²) in [5.74, 6) is -0.325. The van der Waals surface area contributed by atoms with Crippen molar-refractivity contribution < 1.29 is 9.18 Å². The Morgan fingerprint density at radius 3 is 2.67 bits per heavy atom. The van der Waals surface area contributed by atoms with Crippen LogP contribution < -0.4 is 5.32 Å². The Balaban J connectivity index is 1.38. The fraction of sp³-hybridized carbons (Fsp3) is 0.167. The van der Waals surface area contributed by atoms with Gasteiger partial charge in [-0.15, -0.1) is 0 Å². The highest BCUT2D eigenvalue weighted by atomic mass is 19.1. The maximum atomic E-state index is 14.2. The van der Waals surface area contributed by atoms with Crippen LogP contribution in [0.3, 0.4) is 0 Å². The number of hydrogen-bond acceptors (Lipinski definition) is 5. The first kappa shape index (κ1) is 24.4. The maximum Gasteiger partial charge on any atom is 0.224 e. The smallest absolute Gasteiger partial charge is 0.224 e. The molecule has 0 aliphatic heterocycles. The van der Waals surface area contributed by atoms with Gasteiger partial charge in [0.2, 0.25) is 5.91 Å². The number of amides is 1. The van der Waals surface area contributed by atoms with E-state index in [-0.39, 0.29) is 11.7 Å². The normalized spacial score (nSPS) is 11.4. The largest absolute Gasteiger partial charge is 0.353 e. The molecular weight excluding hydrogens is 493 g/mol. The number of fused-ring (bicyclic) bond motifs is 2. The second-order valence-corrected chi connectivity index (χ2v) is 9.62. The van der Waals surface area contributed by atoms with Crippen molar-refractivity contribution in [3.05, 3.63) is 78.6 Å². The number of carbonyl (C=O) groups excluding carboxylic acids is 1. The van der Waals surface area contributed by atoms with Crippen molar-refractivity contribution >= 4 is 33.4 Å². The summed E-state index contributed by atoms with van der Waals surface area (Å²) in [7, 11) is 0. The van der Waals surface area contributed by atoms with E-state index >= 15 is 0 Å². The van der Waals surface area contributed by atoms with Gasteiger partial charge in [-0.2, -0.15) is 5.10 Å². The second-order valence-electron chi connectivity index (χ2n) is 9.62. The van der Waals surface area contributed by atoms with Gasteiger partial charge in [0.05, 0.1) is 40.7 Å². The third kappa shape index (κ3) is 4.86. The number of benzene rings is 1. The molecule has 0 fully saturated rings. The molecule has 1 aromatic carbocycles. The number of aromatic nitrogens is 6. The summed E-state index contributed by atoms with van der Waals surface area (Å²) in [6.45, 7) is 3.92. The average molecular weight is 520 g/mol. The van der Waals surface area contributed by atoms with E-state index < -0.39 is 0 Å². The van der Waals surface area contributed by atoms with Gasteiger partial charge in [0.15, 0.2) is 0 Å².